The van der Waals surface area contributed by atoms with Crippen molar-refractivity contribution >= 4 is 52.2 Å². The first kappa shape index (κ1) is 23.5. The molecule has 3 aromatic rings. The Morgan fingerprint density at radius 3 is 2.50 bits per heavy atom. The zero-order valence-corrected chi connectivity index (χ0v) is 21.2. The molecule has 2 aliphatic rings. The molecular formula is C27H26Cl3N3O. The lowest BCUT2D eigenvalue weighted by atomic mass is 9.74. The van der Waals surface area contributed by atoms with Crippen molar-refractivity contribution in [1.82, 2.24) is 4.90 Å². The SMILES string of the molecule is Cc1ccc2c(c1)C1(CCN(Cc3cccc(Cl)c3)CC1)CN2C(=O)Nc1ccc(Cl)c(Cl)c1. The second-order valence-electron chi connectivity index (χ2n) is 9.35. The fourth-order valence-corrected chi connectivity index (χ4v) is 5.70. The topological polar surface area (TPSA) is 35.6 Å². The molecule has 0 aliphatic carbocycles. The third-order valence-corrected chi connectivity index (χ3v) is 7.97. The average Bonchev–Trinajstić information content (AvgIpc) is 3.11. The molecule has 7 heteroatoms. The summed E-state index contributed by atoms with van der Waals surface area (Å²) >= 11 is 18.3. The summed E-state index contributed by atoms with van der Waals surface area (Å²) in [6.45, 7) is 5.62. The van der Waals surface area contributed by atoms with E-state index in [0.717, 1.165) is 43.2 Å². The Hall–Kier alpha value is -2.24. The summed E-state index contributed by atoms with van der Waals surface area (Å²) < 4.78 is 0. The van der Waals surface area contributed by atoms with Gasteiger partial charge in [0.1, 0.15) is 0 Å². The van der Waals surface area contributed by atoms with Crippen LogP contribution in [0.1, 0.15) is 29.5 Å². The van der Waals surface area contributed by atoms with Crippen LogP contribution in [-0.4, -0.2) is 30.6 Å². The van der Waals surface area contributed by atoms with Gasteiger partial charge in [0, 0.05) is 34.9 Å². The predicted octanol–water partition coefficient (Wildman–Crippen LogP) is 7.54. The third kappa shape index (κ3) is 4.65. The summed E-state index contributed by atoms with van der Waals surface area (Å²) in [7, 11) is 0. The lowest BCUT2D eigenvalue weighted by Gasteiger charge is -2.40. The molecule has 0 atom stereocenters. The number of nitrogens with zero attached hydrogens (tertiary/aromatic N) is 2. The number of aryl methyl sites for hydroxylation is 1. The summed E-state index contributed by atoms with van der Waals surface area (Å²) in [5.74, 6) is 0. The van der Waals surface area contributed by atoms with Gasteiger partial charge in [-0.25, -0.2) is 4.79 Å². The molecule has 5 rings (SSSR count). The average molecular weight is 515 g/mol. The minimum absolute atomic E-state index is 0.0405. The number of amides is 2. The molecular weight excluding hydrogens is 489 g/mol. The fourth-order valence-electron chi connectivity index (χ4n) is 5.19. The fraction of sp³-hybridized carbons (Fsp3) is 0.296. The first-order valence-electron chi connectivity index (χ1n) is 11.4. The van der Waals surface area contributed by atoms with Crippen LogP contribution in [0, 0.1) is 6.92 Å². The quantitative estimate of drug-likeness (QED) is 0.392. The Kier molecular flexibility index (Phi) is 6.51. The van der Waals surface area contributed by atoms with Crippen LogP contribution in [0.3, 0.4) is 0 Å². The molecule has 3 aromatic carbocycles. The van der Waals surface area contributed by atoms with E-state index in [2.05, 4.69) is 41.4 Å². The van der Waals surface area contributed by atoms with Crippen LogP contribution in [0.5, 0.6) is 0 Å². The van der Waals surface area contributed by atoms with Crippen molar-refractivity contribution in [2.24, 2.45) is 0 Å². The summed E-state index contributed by atoms with van der Waals surface area (Å²) in [6.07, 6.45) is 2.00. The zero-order chi connectivity index (χ0) is 23.9. The number of nitrogens with one attached hydrogen (secondary N) is 1. The first-order valence-corrected chi connectivity index (χ1v) is 12.6. The van der Waals surface area contributed by atoms with Crippen LogP contribution in [0.25, 0.3) is 0 Å². The molecule has 0 bridgehead atoms. The minimum Gasteiger partial charge on any atom is -0.307 e. The van der Waals surface area contributed by atoms with Crippen LogP contribution >= 0.6 is 34.8 Å². The van der Waals surface area contributed by atoms with E-state index in [-0.39, 0.29) is 11.4 Å². The molecule has 1 fully saturated rings. The number of piperidine rings is 1. The molecule has 0 saturated carbocycles. The van der Waals surface area contributed by atoms with Gasteiger partial charge in [0.05, 0.1) is 10.0 Å². The molecule has 0 aromatic heterocycles. The highest BCUT2D eigenvalue weighted by atomic mass is 35.5. The number of benzene rings is 3. The van der Waals surface area contributed by atoms with Gasteiger partial charge in [-0.1, -0.05) is 64.6 Å². The number of halogens is 3. The van der Waals surface area contributed by atoms with E-state index >= 15 is 0 Å². The van der Waals surface area contributed by atoms with Crippen molar-refractivity contribution < 1.29 is 4.79 Å². The van der Waals surface area contributed by atoms with E-state index in [9.17, 15) is 4.79 Å². The maximum atomic E-state index is 13.3. The second-order valence-corrected chi connectivity index (χ2v) is 10.6. The van der Waals surface area contributed by atoms with Crippen LogP contribution in [-0.2, 0) is 12.0 Å². The largest absolute Gasteiger partial charge is 0.326 e. The van der Waals surface area contributed by atoms with Crippen LogP contribution in [0.4, 0.5) is 16.2 Å². The number of hydrogen-bond acceptors (Lipinski definition) is 2. The Balaban J connectivity index is 1.34. The van der Waals surface area contributed by atoms with E-state index in [1.54, 1.807) is 18.2 Å². The highest BCUT2D eigenvalue weighted by molar-refractivity contribution is 6.42. The third-order valence-electron chi connectivity index (χ3n) is 7.00. The van der Waals surface area contributed by atoms with Crippen molar-refractivity contribution in [1.29, 1.82) is 0 Å². The first-order chi connectivity index (χ1) is 16.3. The van der Waals surface area contributed by atoms with Crippen LogP contribution in [0.15, 0.2) is 60.7 Å². The van der Waals surface area contributed by atoms with E-state index < -0.39 is 0 Å². The molecule has 34 heavy (non-hydrogen) atoms. The van der Waals surface area contributed by atoms with Crippen molar-refractivity contribution in [3.8, 4) is 0 Å². The Morgan fingerprint density at radius 2 is 1.76 bits per heavy atom. The molecule has 1 N–H and O–H groups in total. The maximum absolute atomic E-state index is 13.3. The number of urea groups is 1. The van der Waals surface area contributed by atoms with Gasteiger partial charge in [0.2, 0.25) is 0 Å². The highest BCUT2D eigenvalue weighted by Crippen LogP contribution is 2.47. The number of rotatable bonds is 3. The molecule has 2 aliphatic heterocycles. The summed E-state index contributed by atoms with van der Waals surface area (Å²) in [6, 6.07) is 19.5. The number of carbonyl (C=O) groups is 1. The zero-order valence-electron chi connectivity index (χ0n) is 19.0. The van der Waals surface area contributed by atoms with Gasteiger partial charge >= 0.3 is 6.03 Å². The number of likely N-dealkylation sites (tertiary alicyclic amines) is 1. The Bertz CT molecular complexity index is 1240. The van der Waals surface area contributed by atoms with E-state index in [1.165, 1.54) is 16.7 Å². The smallest absolute Gasteiger partial charge is 0.307 e. The number of anilines is 2. The normalized spacial score (nSPS) is 17.1. The van der Waals surface area contributed by atoms with E-state index in [1.807, 2.05) is 23.1 Å². The summed E-state index contributed by atoms with van der Waals surface area (Å²) in [4.78, 5) is 17.7. The molecule has 1 saturated heterocycles. The molecule has 0 radical (unpaired) electrons. The molecule has 0 unspecified atom stereocenters. The summed E-state index contributed by atoms with van der Waals surface area (Å²) in [5.41, 5.74) is 5.30. The van der Waals surface area contributed by atoms with Crippen molar-refractivity contribution in [3.63, 3.8) is 0 Å². The van der Waals surface area contributed by atoms with Crippen molar-refractivity contribution in [3.05, 3.63) is 92.4 Å². The van der Waals surface area contributed by atoms with Gasteiger partial charge in [0.25, 0.3) is 0 Å². The maximum Gasteiger partial charge on any atom is 0.326 e. The van der Waals surface area contributed by atoms with E-state index in [0.29, 0.717) is 22.3 Å². The Labute approximate surface area is 215 Å². The molecule has 2 heterocycles. The van der Waals surface area contributed by atoms with Gasteiger partial charge in [-0.2, -0.15) is 0 Å². The summed E-state index contributed by atoms with van der Waals surface area (Å²) in [5, 5.41) is 4.65. The van der Waals surface area contributed by atoms with Gasteiger partial charge in [-0.3, -0.25) is 9.80 Å². The van der Waals surface area contributed by atoms with Gasteiger partial charge in [0.15, 0.2) is 0 Å². The molecule has 2 amide bonds. The van der Waals surface area contributed by atoms with E-state index in [4.69, 9.17) is 34.8 Å². The molecule has 176 valence electrons. The standard InChI is InChI=1S/C27H26Cl3N3O/c1-18-5-8-25-22(13-18)27(9-11-32(12-10-27)16-19-3-2-4-20(28)14-19)17-33(25)26(34)31-21-6-7-23(29)24(30)15-21/h2-8,13-15H,9-12,16-17H2,1H3,(H,31,34). The molecule has 1 spiro atoms. The van der Waals surface area contributed by atoms with Gasteiger partial charge in [-0.15, -0.1) is 0 Å². The number of hydrogen-bond donors (Lipinski definition) is 1. The lowest BCUT2D eigenvalue weighted by molar-refractivity contribution is 0.160. The monoisotopic (exact) mass is 513 g/mol. The van der Waals surface area contributed by atoms with Gasteiger partial charge in [-0.05, 0) is 80.4 Å². The predicted molar refractivity (Wildman–Crippen MR) is 142 cm³/mol. The van der Waals surface area contributed by atoms with Crippen LogP contribution < -0.4 is 10.2 Å². The lowest BCUT2D eigenvalue weighted by Crippen LogP contribution is -2.46. The van der Waals surface area contributed by atoms with Crippen molar-refractivity contribution in [2.75, 3.05) is 29.9 Å². The Morgan fingerprint density at radius 1 is 0.971 bits per heavy atom. The number of fused-ring (bicyclic) bond motifs is 2. The van der Waals surface area contributed by atoms with Gasteiger partial charge < -0.3 is 5.32 Å². The number of carbonyl (C=O) groups excluding carboxylic acids is 1. The van der Waals surface area contributed by atoms with Crippen LogP contribution in [0.2, 0.25) is 15.1 Å². The highest BCUT2D eigenvalue weighted by Gasteiger charge is 2.46. The second kappa shape index (κ2) is 9.43. The molecule has 4 nitrogen and oxygen atoms in total. The van der Waals surface area contributed by atoms with Crippen molar-refractivity contribution in [2.45, 2.75) is 31.7 Å². The minimum atomic E-state index is -0.151.